The summed E-state index contributed by atoms with van der Waals surface area (Å²) < 4.78 is 7.98. The van der Waals surface area contributed by atoms with E-state index in [0.29, 0.717) is 17.5 Å². The lowest BCUT2D eigenvalue weighted by atomic mass is 10.1. The minimum Gasteiger partial charge on any atom is -0.491 e. The van der Waals surface area contributed by atoms with Crippen LogP contribution in [0.25, 0.3) is 0 Å². The summed E-state index contributed by atoms with van der Waals surface area (Å²) in [4.78, 5) is 37.1. The number of aliphatic hydroxyl groups excluding tert-OH is 1. The maximum Gasteiger partial charge on any atom is 0.392 e. The number of β-amino-alcohol motifs (C(OH)–C–C–N with tert-alkyl or cyclic N) is 1. The van der Waals surface area contributed by atoms with Crippen molar-refractivity contribution in [1.29, 1.82) is 0 Å². The van der Waals surface area contributed by atoms with Crippen molar-refractivity contribution in [3.05, 3.63) is 29.3 Å². The molecule has 0 radical (unpaired) electrons. The number of aliphatic hydroxyl groups is 1. The van der Waals surface area contributed by atoms with Gasteiger partial charge in [-0.2, -0.15) is 0 Å². The number of carbonyl (C=O) groups excluding carboxylic acids is 2. The topological polar surface area (TPSA) is 91.9 Å². The van der Waals surface area contributed by atoms with Crippen LogP contribution in [-0.4, -0.2) is 125 Å². The quantitative estimate of drug-likeness (QED) is 0.603. The molecule has 4 rings (SSSR count). The Labute approximate surface area is 200 Å². The molecule has 34 heavy (non-hydrogen) atoms. The number of carbonyl (C=O) groups is 2. The SMILES string of the molecule is CCN1CC[N+](=C2N=C3C(C(=O)N(C)C(=O)N3C)N2CC(O)COc2ccc(C)c(C)c2)CC1. The second kappa shape index (κ2) is 9.71. The molecule has 0 saturated carbocycles. The van der Waals surface area contributed by atoms with Crippen LogP contribution in [0, 0.1) is 13.8 Å². The Bertz CT molecular complexity index is 1030. The standard InChI is InChI=1S/C24H35N6O4/c1-6-28-9-11-29(12-10-28)23-25-21-20(22(32)27(5)24(33)26(21)4)30(23)14-18(31)15-34-19-8-7-16(2)17(3)13-19/h7-8,13,18,20,31H,6,9-12,14-15H2,1-5H3/q+1. The van der Waals surface area contributed by atoms with E-state index in [1.807, 2.05) is 36.9 Å². The highest BCUT2D eigenvalue weighted by Gasteiger charge is 2.55. The second-order valence-corrected chi connectivity index (χ2v) is 9.20. The maximum atomic E-state index is 13.1. The van der Waals surface area contributed by atoms with Gasteiger partial charge in [0, 0.05) is 27.2 Å². The van der Waals surface area contributed by atoms with E-state index in [2.05, 4.69) is 16.4 Å². The molecule has 2 saturated heterocycles. The van der Waals surface area contributed by atoms with Gasteiger partial charge < -0.3 is 9.84 Å². The van der Waals surface area contributed by atoms with Gasteiger partial charge in [-0.05, 0) is 43.7 Å². The van der Waals surface area contributed by atoms with Crippen LogP contribution in [0.3, 0.4) is 0 Å². The van der Waals surface area contributed by atoms with Gasteiger partial charge in [-0.25, -0.2) is 9.69 Å². The fourth-order valence-electron chi connectivity index (χ4n) is 4.56. The third-order valence-corrected chi connectivity index (χ3v) is 6.94. The van der Waals surface area contributed by atoms with Crippen molar-refractivity contribution in [2.75, 3.05) is 60.0 Å². The van der Waals surface area contributed by atoms with Crippen molar-refractivity contribution in [2.45, 2.75) is 32.9 Å². The number of amidine groups is 1. The number of ether oxygens (including phenoxy) is 1. The predicted molar refractivity (Wildman–Crippen MR) is 128 cm³/mol. The number of hydrogen-bond donors (Lipinski definition) is 1. The van der Waals surface area contributed by atoms with Gasteiger partial charge in [-0.3, -0.25) is 24.1 Å². The van der Waals surface area contributed by atoms with E-state index >= 15 is 0 Å². The molecule has 0 aliphatic carbocycles. The highest BCUT2D eigenvalue weighted by Crippen LogP contribution is 2.24. The number of aliphatic imine (C=N–C) groups is 1. The first-order chi connectivity index (χ1) is 16.2. The van der Waals surface area contributed by atoms with Crippen LogP contribution >= 0.6 is 0 Å². The number of hydrogen-bond acceptors (Lipinski definition) is 5. The van der Waals surface area contributed by atoms with Gasteiger partial charge in [0.1, 0.15) is 18.5 Å². The van der Waals surface area contributed by atoms with E-state index in [-0.39, 0.29) is 19.1 Å². The van der Waals surface area contributed by atoms with E-state index in [1.165, 1.54) is 17.5 Å². The molecule has 3 amide bonds. The lowest BCUT2D eigenvalue weighted by molar-refractivity contribution is -0.544. The van der Waals surface area contributed by atoms with Gasteiger partial charge in [0.25, 0.3) is 5.91 Å². The van der Waals surface area contributed by atoms with Crippen LogP contribution in [0.1, 0.15) is 18.1 Å². The summed E-state index contributed by atoms with van der Waals surface area (Å²) in [6, 6.07) is 4.67. The molecule has 1 aromatic carbocycles. The minimum atomic E-state index is -0.857. The molecule has 0 bridgehead atoms. The highest BCUT2D eigenvalue weighted by atomic mass is 16.5. The van der Waals surface area contributed by atoms with Crippen LogP contribution in [0.5, 0.6) is 5.75 Å². The van der Waals surface area contributed by atoms with Crippen LogP contribution in [0.2, 0.25) is 0 Å². The average Bonchev–Trinajstić information content (AvgIpc) is 3.21. The second-order valence-electron chi connectivity index (χ2n) is 9.20. The lowest BCUT2D eigenvalue weighted by Crippen LogP contribution is -2.63. The maximum absolute atomic E-state index is 13.1. The number of benzene rings is 1. The molecule has 10 nitrogen and oxygen atoms in total. The van der Waals surface area contributed by atoms with Gasteiger partial charge in [-0.15, -0.1) is 0 Å². The lowest BCUT2D eigenvalue weighted by Gasteiger charge is -2.34. The number of urea groups is 1. The van der Waals surface area contributed by atoms with E-state index in [1.54, 1.807) is 7.05 Å². The molecule has 10 heteroatoms. The van der Waals surface area contributed by atoms with E-state index in [9.17, 15) is 14.7 Å². The van der Waals surface area contributed by atoms with Crippen molar-refractivity contribution in [3.8, 4) is 5.75 Å². The van der Waals surface area contributed by atoms with Crippen molar-refractivity contribution < 1.29 is 24.0 Å². The number of imide groups is 1. The van der Waals surface area contributed by atoms with Crippen LogP contribution in [0.4, 0.5) is 4.79 Å². The van der Waals surface area contributed by atoms with Crippen molar-refractivity contribution >= 4 is 23.7 Å². The third kappa shape index (κ3) is 4.52. The summed E-state index contributed by atoms with van der Waals surface area (Å²) in [6.45, 7) is 10.7. The van der Waals surface area contributed by atoms with Crippen LogP contribution < -0.4 is 4.74 Å². The van der Waals surface area contributed by atoms with Gasteiger partial charge in [-0.1, -0.05) is 18.0 Å². The van der Waals surface area contributed by atoms with Crippen LogP contribution in [0.15, 0.2) is 23.2 Å². The van der Waals surface area contributed by atoms with E-state index < -0.39 is 18.2 Å². The Kier molecular flexibility index (Phi) is 6.90. The average molecular weight is 472 g/mol. The zero-order valence-electron chi connectivity index (χ0n) is 20.7. The Morgan fingerprint density at radius 3 is 2.50 bits per heavy atom. The van der Waals surface area contributed by atoms with E-state index in [0.717, 1.165) is 43.2 Å². The molecule has 1 N–H and O–H groups in total. The predicted octanol–water partition coefficient (Wildman–Crippen LogP) is 0.354. The van der Waals surface area contributed by atoms with Gasteiger partial charge in [0.15, 0.2) is 0 Å². The fourth-order valence-corrected chi connectivity index (χ4v) is 4.56. The first-order valence-electron chi connectivity index (χ1n) is 11.8. The Hall–Kier alpha value is -2.98. The molecule has 0 aromatic heterocycles. The third-order valence-electron chi connectivity index (χ3n) is 6.94. The van der Waals surface area contributed by atoms with Crippen LogP contribution in [-0.2, 0) is 4.79 Å². The Morgan fingerprint density at radius 2 is 1.85 bits per heavy atom. The molecule has 184 valence electrons. The largest absolute Gasteiger partial charge is 0.491 e. The summed E-state index contributed by atoms with van der Waals surface area (Å²) in [7, 11) is 3.11. The molecule has 0 spiro atoms. The number of rotatable bonds is 6. The monoisotopic (exact) mass is 471 g/mol. The molecular weight excluding hydrogens is 436 g/mol. The zero-order valence-corrected chi connectivity index (χ0v) is 20.7. The number of aryl methyl sites for hydroxylation is 2. The first kappa shape index (κ1) is 24.2. The Balaban J connectivity index is 1.56. The molecule has 2 unspecified atom stereocenters. The molecular formula is C24H35N6O4+. The highest BCUT2D eigenvalue weighted by molar-refractivity contribution is 6.25. The number of nitrogens with zero attached hydrogens (tertiary/aromatic N) is 6. The number of amides is 3. The smallest absolute Gasteiger partial charge is 0.392 e. The minimum absolute atomic E-state index is 0.0801. The fraction of sp³-hybridized carbons (Fsp3) is 0.583. The normalized spacial score (nSPS) is 22.4. The number of piperazine rings is 1. The summed E-state index contributed by atoms with van der Waals surface area (Å²) in [5, 5.41) is 10.9. The summed E-state index contributed by atoms with van der Waals surface area (Å²) in [6.07, 6.45) is -0.857. The molecule has 2 atom stereocenters. The summed E-state index contributed by atoms with van der Waals surface area (Å²) >= 11 is 0. The molecule has 1 aromatic rings. The molecule has 3 aliphatic rings. The Morgan fingerprint density at radius 1 is 1.15 bits per heavy atom. The number of fused-ring (bicyclic) bond motifs is 1. The number of likely N-dealkylation sites (N-methyl/N-ethyl adjacent to an activating group) is 3. The van der Waals surface area contributed by atoms with Crippen molar-refractivity contribution in [2.24, 2.45) is 4.99 Å². The summed E-state index contributed by atoms with van der Waals surface area (Å²) in [5.41, 5.74) is 2.30. The summed E-state index contributed by atoms with van der Waals surface area (Å²) in [5.74, 6) is 1.39. The zero-order chi connectivity index (χ0) is 24.6. The van der Waals surface area contributed by atoms with Crippen molar-refractivity contribution in [1.82, 2.24) is 19.6 Å². The van der Waals surface area contributed by atoms with Gasteiger partial charge in [0.2, 0.25) is 11.9 Å². The number of guanidine groups is 1. The molecule has 2 fully saturated rings. The molecule has 3 aliphatic heterocycles. The van der Waals surface area contributed by atoms with E-state index in [4.69, 9.17) is 9.73 Å². The van der Waals surface area contributed by atoms with Crippen molar-refractivity contribution in [3.63, 3.8) is 0 Å². The molecule has 3 heterocycles. The first-order valence-corrected chi connectivity index (χ1v) is 11.8. The van der Waals surface area contributed by atoms with Gasteiger partial charge >= 0.3 is 12.0 Å². The van der Waals surface area contributed by atoms with Gasteiger partial charge in [0.05, 0.1) is 19.6 Å².